The highest BCUT2D eigenvalue weighted by atomic mass is 16.5. The van der Waals surface area contributed by atoms with Crippen LogP contribution in [0.2, 0.25) is 0 Å². The summed E-state index contributed by atoms with van der Waals surface area (Å²) in [5, 5.41) is 5.17. The molecule has 0 aliphatic carbocycles. The molecule has 0 radical (unpaired) electrons. The second kappa shape index (κ2) is 10.0. The van der Waals surface area contributed by atoms with Crippen LogP contribution in [0.4, 0.5) is 0 Å². The van der Waals surface area contributed by atoms with Gasteiger partial charge in [-0.1, -0.05) is 0 Å². The van der Waals surface area contributed by atoms with Crippen molar-refractivity contribution in [3.63, 3.8) is 0 Å². The molecule has 1 unspecified atom stereocenters. The summed E-state index contributed by atoms with van der Waals surface area (Å²) in [6.45, 7) is 2.84. The van der Waals surface area contributed by atoms with Gasteiger partial charge in [-0.05, 0) is 19.8 Å². The van der Waals surface area contributed by atoms with Gasteiger partial charge in [0.25, 0.3) is 0 Å². The predicted molar refractivity (Wildman–Crippen MR) is 65.4 cm³/mol. The fraction of sp³-hybridized carbons (Fsp3) is 0.818. The number of methoxy groups -OCH3 is 1. The maximum atomic E-state index is 11.3. The molecule has 6 nitrogen and oxygen atoms in total. The van der Waals surface area contributed by atoms with E-state index in [9.17, 15) is 9.59 Å². The van der Waals surface area contributed by atoms with Gasteiger partial charge < -0.3 is 21.1 Å². The minimum atomic E-state index is -0.206. The third-order valence-corrected chi connectivity index (χ3v) is 2.14. The number of carbonyl (C=O) groups is 2. The van der Waals surface area contributed by atoms with E-state index in [2.05, 4.69) is 10.6 Å². The molecule has 0 rings (SSSR count). The van der Waals surface area contributed by atoms with Gasteiger partial charge in [-0.3, -0.25) is 9.59 Å². The smallest absolute Gasteiger partial charge is 0.239 e. The normalized spacial score (nSPS) is 11.9. The second-order valence-corrected chi connectivity index (χ2v) is 3.99. The Morgan fingerprint density at radius 1 is 1.29 bits per heavy atom. The van der Waals surface area contributed by atoms with Crippen LogP contribution in [-0.2, 0) is 14.3 Å². The van der Waals surface area contributed by atoms with E-state index in [0.29, 0.717) is 19.6 Å². The first-order valence-corrected chi connectivity index (χ1v) is 5.84. The lowest BCUT2D eigenvalue weighted by atomic mass is 10.1. The topological polar surface area (TPSA) is 93.5 Å². The molecule has 0 aromatic rings. The lowest BCUT2D eigenvalue weighted by Gasteiger charge is -2.07. The summed E-state index contributed by atoms with van der Waals surface area (Å²) in [4.78, 5) is 22.5. The van der Waals surface area contributed by atoms with Crippen molar-refractivity contribution in [1.29, 1.82) is 0 Å². The Kier molecular flexibility index (Phi) is 9.37. The minimum Gasteiger partial charge on any atom is -0.383 e. The monoisotopic (exact) mass is 245 g/mol. The fourth-order valence-corrected chi connectivity index (χ4v) is 1.21. The second-order valence-electron chi connectivity index (χ2n) is 3.99. The Labute approximate surface area is 102 Å². The molecule has 100 valence electrons. The standard InChI is InChI=1S/C11H23N3O3/c1-9(12)4-3-5-10(15)14-8-11(16)13-6-7-17-2/h9H,3-8,12H2,1-2H3,(H,13,16)(H,14,15). The number of amides is 2. The molecule has 4 N–H and O–H groups in total. The van der Waals surface area contributed by atoms with E-state index in [1.807, 2.05) is 6.92 Å². The molecule has 0 bridgehead atoms. The Balaban J connectivity index is 3.45. The SMILES string of the molecule is COCCNC(=O)CNC(=O)CCCC(C)N. The molecule has 0 aromatic carbocycles. The molecule has 6 heteroatoms. The average molecular weight is 245 g/mol. The number of nitrogens with one attached hydrogen (secondary N) is 2. The molecule has 0 heterocycles. The van der Waals surface area contributed by atoms with Gasteiger partial charge in [-0.15, -0.1) is 0 Å². The van der Waals surface area contributed by atoms with E-state index in [1.54, 1.807) is 7.11 Å². The Morgan fingerprint density at radius 2 is 2.00 bits per heavy atom. The summed E-state index contributed by atoms with van der Waals surface area (Å²) in [6.07, 6.45) is 1.97. The number of hydrogen-bond donors (Lipinski definition) is 3. The summed E-state index contributed by atoms with van der Waals surface area (Å²) in [7, 11) is 1.56. The first kappa shape index (κ1) is 15.9. The van der Waals surface area contributed by atoms with Crippen LogP contribution < -0.4 is 16.4 Å². The van der Waals surface area contributed by atoms with Crippen LogP contribution in [-0.4, -0.2) is 44.7 Å². The molecule has 0 aliphatic rings. The van der Waals surface area contributed by atoms with Crippen molar-refractivity contribution in [2.75, 3.05) is 26.8 Å². The number of nitrogens with two attached hydrogens (primary N) is 1. The third-order valence-electron chi connectivity index (χ3n) is 2.14. The largest absolute Gasteiger partial charge is 0.383 e. The molecule has 0 saturated heterocycles. The van der Waals surface area contributed by atoms with Gasteiger partial charge in [0.05, 0.1) is 13.2 Å². The molecule has 0 saturated carbocycles. The van der Waals surface area contributed by atoms with Crippen molar-refractivity contribution >= 4 is 11.8 Å². The summed E-state index contributed by atoms with van der Waals surface area (Å²) in [5.74, 6) is -0.324. The van der Waals surface area contributed by atoms with Crippen molar-refractivity contribution in [3.8, 4) is 0 Å². The number of ether oxygens (including phenoxy) is 1. The summed E-state index contributed by atoms with van der Waals surface area (Å²) in [6, 6.07) is 0.111. The van der Waals surface area contributed by atoms with Gasteiger partial charge >= 0.3 is 0 Å². The molecule has 1 atom stereocenters. The maximum Gasteiger partial charge on any atom is 0.239 e. The van der Waals surface area contributed by atoms with Crippen molar-refractivity contribution in [2.24, 2.45) is 5.73 Å². The number of hydrogen-bond acceptors (Lipinski definition) is 4. The first-order valence-electron chi connectivity index (χ1n) is 5.84. The minimum absolute atomic E-state index is 0.0146. The van der Waals surface area contributed by atoms with Gasteiger partial charge in [-0.25, -0.2) is 0 Å². The molecule has 2 amide bonds. The van der Waals surface area contributed by atoms with E-state index in [4.69, 9.17) is 10.5 Å². The van der Waals surface area contributed by atoms with Crippen molar-refractivity contribution in [3.05, 3.63) is 0 Å². The van der Waals surface area contributed by atoms with Crippen LogP contribution >= 0.6 is 0 Å². The van der Waals surface area contributed by atoms with Crippen molar-refractivity contribution < 1.29 is 14.3 Å². The lowest BCUT2D eigenvalue weighted by molar-refractivity contribution is -0.126. The summed E-state index contributed by atoms with van der Waals surface area (Å²) >= 11 is 0. The fourth-order valence-electron chi connectivity index (χ4n) is 1.21. The highest BCUT2D eigenvalue weighted by Gasteiger charge is 2.05. The van der Waals surface area contributed by atoms with E-state index in [-0.39, 0.29) is 24.4 Å². The van der Waals surface area contributed by atoms with Crippen LogP contribution in [0.5, 0.6) is 0 Å². The van der Waals surface area contributed by atoms with Crippen LogP contribution in [0.1, 0.15) is 26.2 Å². The van der Waals surface area contributed by atoms with Crippen LogP contribution in [0.15, 0.2) is 0 Å². The van der Waals surface area contributed by atoms with E-state index < -0.39 is 0 Å². The Bertz CT molecular complexity index is 232. The van der Waals surface area contributed by atoms with Crippen LogP contribution in [0.25, 0.3) is 0 Å². The van der Waals surface area contributed by atoms with Gasteiger partial charge in [0.1, 0.15) is 0 Å². The zero-order valence-electron chi connectivity index (χ0n) is 10.6. The zero-order valence-corrected chi connectivity index (χ0v) is 10.6. The Hall–Kier alpha value is -1.14. The van der Waals surface area contributed by atoms with Gasteiger partial charge in [0.15, 0.2) is 0 Å². The highest BCUT2D eigenvalue weighted by Crippen LogP contribution is 1.97. The highest BCUT2D eigenvalue weighted by molar-refractivity contribution is 5.84. The quantitative estimate of drug-likeness (QED) is 0.472. The van der Waals surface area contributed by atoms with E-state index >= 15 is 0 Å². The lowest BCUT2D eigenvalue weighted by Crippen LogP contribution is -2.38. The molecular formula is C11H23N3O3. The molecular weight excluding hydrogens is 222 g/mol. The van der Waals surface area contributed by atoms with Gasteiger partial charge in [0.2, 0.25) is 11.8 Å². The number of carbonyl (C=O) groups excluding carboxylic acids is 2. The van der Waals surface area contributed by atoms with Crippen molar-refractivity contribution in [1.82, 2.24) is 10.6 Å². The van der Waals surface area contributed by atoms with Gasteiger partial charge in [0, 0.05) is 26.1 Å². The van der Waals surface area contributed by atoms with Gasteiger partial charge in [-0.2, -0.15) is 0 Å². The molecule has 17 heavy (non-hydrogen) atoms. The summed E-state index contributed by atoms with van der Waals surface area (Å²) < 4.78 is 4.78. The Morgan fingerprint density at radius 3 is 2.59 bits per heavy atom. The van der Waals surface area contributed by atoms with Crippen LogP contribution in [0.3, 0.4) is 0 Å². The van der Waals surface area contributed by atoms with Crippen molar-refractivity contribution in [2.45, 2.75) is 32.2 Å². The maximum absolute atomic E-state index is 11.3. The first-order chi connectivity index (χ1) is 8.06. The van der Waals surface area contributed by atoms with E-state index in [0.717, 1.165) is 12.8 Å². The predicted octanol–water partition coefficient (Wildman–Crippen LogP) is -0.617. The van der Waals surface area contributed by atoms with E-state index in [1.165, 1.54) is 0 Å². The molecule has 0 fully saturated rings. The molecule has 0 aliphatic heterocycles. The average Bonchev–Trinajstić information content (AvgIpc) is 2.26. The number of rotatable bonds is 9. The third kappa shape index (κ3) is 11.1. The molecule has 0 spiro atoms. The zero-order chi connectivity index (χ0) is 13.1. The summed E-state index contributed by atoms with van der Waals surface area (Å²) in [5.41, 5.74) is 5.56. The van der Waals surface area contributed by atoms with Crippen LogP contribution in [0, 0.1) is 0 Å². The molecule has 0 aromatic heterocycles.